The van der Waals surface area contributed by atoms with Crippen LogP contribution < -0.4 is 5.32 Å². The van der Waals surface area contributed by atoms with Gasteiger partial charge in [0.05, 0.1) is 5.41 Å². The molecule has 3 nitrogen and oxygen atoms in total. The predicted octanol–water partition coefficient (Wildman–Crippen LogP) is 3.94. The number of benzene rings is 1. The Kier molecular flexibility index (Phi) is 3.91. The van der Waals surface area contributed by atoms with Crippen molar-refractivity contribution in [3.8, 4) is 0 Å². The molecule has 2 aromatic rings. The first-order chi connectivity index (χ1) is 10.3. The van der Waals surface area contributed by atoms with Gasteiger partial charge in [0.1, 0.15) is 11.6 Å². The molecule has 0 atom stereocenters. The fraction of sp³-hybridized carbons (Fsp3) is 0.444. The van der Waals surface area contributed by atoms with E-state index in [0.29, 0.717) is 0 Å². The number of hydrogen-bond donors (Lipinski definition) is 1. The molecule has 0 bridgehead atoms. The Bertz CT molecular complexity index is 579. The lowest BCUT2D eigenvalue weighted by molar-refractivity contribution is 0.733. The monoisotopic (exact) mass is 281 g/mol. The zero-order valence-corrected chi connectivity index (χ0v) is 12.9. The molecule has 0 saturated heterocycles. The van der Waals surface area contributed by atoms with Gasteiger partial charge in [0, 0.05) is 18.3 Å². The van der Waals surface area contributed by atoms with Crippen molar-refractivity contribution in [3.05, 3.63) is 53.5 Å². The van der Waals surface area contributed by atoms with Crippen LogP contribution in [0.15, 0.2) is 36.4 Å². The molecule has 0 unspecified atom stereocenters. The van der Waals surface area contributed by atoms with Crippen LogP contribution in [0.1, 0.15) is 50.2 Å². The van der Waals surface area contributed by atoms with E-state index in [1.165, 1.54) is 5.56 Å². The summed E-state index contributed by atoms with van der Waals surface area (Å²) < 4.78 is 0. The first-order valence-electron chi connectivity index (χ1n) is 7.96. The Morgan fingerprint density at radius 3 is 2.48 bits per heavy atom. The van der Waals surface area contributed by atoms with Gasteiger partial charge in [0.2, 0.25) is 0 Å². The molecule has 3 heteroatoms. The van der Waals surface area contributed by atoms with Crippen LogP contribution in [0.4, 0.5) is 5.82 Å². The molecule has 3 rings (SSSR count). The van der Waals surface area contributed by atoms with E-state index in [-0.39, 0.29) is 5.41 Å². The standard InChI is InChI=1S/C18H23N3/c1-3-8-15-13-16(19-4-2)21-17(20-15)18(11-12-18)14-9-6-5-7-10-14/h5-7,9-10,13H,3-4,8,11-12H2,1-2H3,(H,19,20,21). The number of anilines is 1. The van der Waals surface area contributed by atoms with Crippen molar-refractivity contribution in [1.29, 1.82) is 0 Å². The summed E-state index contributed by atoms with van der Waals surface area (Å²) in [5.41, 5.74) is 2.55. The van der Waals surface area contributed by atoms with Crippen LogP contribution in [0.2, 0.25) is 0 Å². The average molecular weight is 281 g/mol. The summed E-state index contributed by atoms with van der Waals surface area (Å²) in [5, 5.41) is 3.35. The second-order valence-electron chi connectivity index (χ2n) is 5.80. The molecule has 1 saturated carbocycles. The van der Waals surface area contributed by atoms with Gasteiger partial charge in [-0.2, -0.15) is 0 Å². The first kappa shape index (κ1) is 14.1. The molecule has 0 amide bonds. The Labute approximate surface area is 126 Å². The van der Waals surface area contributed by atoms with Crippen LogP contribution in [0.25, 0.3) is 0 Å². The zero-order valence-electron chi connectivity index (χ0n) is 12.9. The minimum Gasteiger partial charge on any atom is -0.370 e. The molecule has 0 aliphatic heterocycles. The smallest absolute Gasteiger partial charge is 0.141 e. The second kappa shape index (κ2) is 5.84. The molecule has 1 N–H and O–H groups in total. The Morgan fingerprint density at radius 2 is 1.86 bits per heavy atom. The number of nitrogens with one attached hydrogen (secondary N) is 1. The van der Waals surface area contributed by atoms with E-state index in [1.54, 1.807) is 0 Å². The predicted molar refractivity (Wildman–Crippen MR) is 86.6 cm³/mol. The number of aryl methyl sites for hydroxylation is 1. The second-order valence-corrected chi connectivity index (χ2v) is 5.80. The summed E-state index contributed by atoms with van der Waals surface area (Å²) in [5.74, 6) is 1.96. The van der Waals surface area contributed by atoms with Crippen LogP contribution in [0, 0.1) is 0 Å². The van der Waals surface area contributed by atoms with Crippen molar-refractivity contribution in [3.63, 3.8) is 0 Å². The molecule has 0 spiro atoms. The van der Waals surface area contributed by atoms with Crippen LogP contribution >= 0.6 is 0 Å². The number of hydrogen-bond acceptors (Lipinski definition) is 3. The van der Waals surface area contributed by atoms with Crippen molar-refractivity contribution < 1.29 is 0 Å². The molecule has 110 valence electrons. The van der Waals surface area contributed by atoms with Crippen LogP contribution in [-0.4, -0.2) is 16.5 Å². The third-order valence-corrected chi connectivity index (χ3v) is 4.15. The minimum absolute atomic E-state index is 0.0508. The van der Waals surface area contributed by atoms with Crippen LogP contribution in [0.5, 0.6) is 0 Å². The molecule has 1 heterocycles. The van der Waals surface area contributed by atoms with E-state index in [2.05, 4.69) is 55.6 Å². The van der Waals surface area contributed by atoms with Gasteiger partial charge in [-0.1, -0.05) is 43.7 Å². The van der Waals surface area contributed by atoms with Crippen LogP contribution in [0.3, 0.4) is 0 Å². The summed E-state index contributed by atoms with van der Waals surface area (Å²) in [4.78, 5) is 9.66. The molecular weight excluding hydrogens is 258 g/mol. The van der Waals surface area contributed by atoms with Gasteiger partial charge in [0.25, 0.3) is 0 Å². The van der Waals surface area contributed by atoms with Gasteiger partial charge in [-0.25, -0.2) is 9.97 Å². The van der Waals surface area contributed by atoms with E-state index < -0.39 is 0 Å². The van der Waals surface area contributed by atoms with E-state index in [4.69, 9.17) is 9.97 Å². The third kappa shape index (κ3) is 2.78. The van der Waals surface area contributed by atoms with Gasteiger partial charge in [0.15, 0.2) is 0 Å². The highest BCUT2D eigenvalue weighted by molar-refractivity contribution is 5.44. The van der Waals surface area contributed by atoms with Crippen molar-refractivity contribution in [2.45, 2.75) is 44.9 Å². The third-order valence-electron chi connectivity index (χ3n) is 4.15. The lowest BCUT2D eigenvalue weighted by Gasteiger charge is -2.17. The average Bonchev–Trinajstić information content (AvgIpc) is 3.30. The van der Waals surface area contributed by atoms with Gasteiger partial charge < -0.3 is 5.32 Å². The van der Waals surface area contributed by atoms with Crippen LogP contribution in [-0.2, 0) is 11.8 Å². The van der Waals surface area contributed by atoms with Gasteiger partial charge >= 0.3 is 0 Å². The molecule has 1 aliphatic rings. The fourth-order valence-electron chi connectivity index (χ4n) is 2.89. The molecule has 21 heavy (non-hydrogen) atoms. The first-order valence-corrected chi connectivity index (χ1v) is 7.96. The highest BCUT2D eigenvalue weighted by atomic mass is 15.0. The summed E-state index contributed by atoms with van der Waals surface area (Å²) in [6.07, 6.45) is 4.43. The topological polar surface area (TPSA) is 37.8 Å². The van der Waals surface area contributed by atoms with Crippen molar-refractivity contribution in [1.82, 2.24) is 9.97 Å². The molecule has 0 radical (unpaired) electrons. The lowest BCUT2D eigenvalue weighted by atomic mass is 9.95. The molecule has 1 aliphatic carbocycles. The summed E-state index contributed by atoms with van der Waals surface area (Å²) in [6, 6.07) is 12.8. The van der Waals surface area contributed by atoms with E-state index >= 15 is 0 Å². The summed E-state index contributed by atoms with van der Waals surface area (Å²) in [7, 11) is 0. The normalized spacial score (nSPS) is 15.7. The van der Waals surface area contributed by atoms with E-state index in [9.17, 15) is 0 Å². The molecular formula is C18H23N3. The van der Waals surface area contributed by atoms with E-state index in [1.807, 2.05) is 0 Å². The van der Waals surface area contributed by atoms with Gasteiger partial charge in [-0.05, 0) is 31.7 Å². The number of nitrogens with zero attached hydrogens (tertiary/aromatic N) is 2. The molecule has 1 aromatic heterocycles. The molecule has 1 fully saturated rings. The maximum Gasteiger partial charge on any atom is 0.141 e. The summed E-state index contributed by atoms with van der Waals surface area (Å²) >= 11 is 0. The number of aromatic nitrogens is 2. The van der Waals surface area contributed by atoms with Gasteiger partial charge in [-0.3, -0.25) is 0 Å². The largest absolute Gasteiger partial charge is 0.370 e. The van der Waals surface area contributed by atoms with E-state index in [0.717, 1.165) is 49.6 Å². The Morgan fingerprint density at radius 1 is 1.10 bits per heavy atom. The maximum absolute atomic E-state index is 4.86. The fourth-order valence-corrected chi connectivity index (χ4v) is 2.89. The van der Waals surface area contributed by atoms with Gasteiger partial charge in [-0.15, -0.1) is 0 Å². The highest BCUT2D eigenvalue weighted by Gasteiger charge is 2.48. The highest BCUT2D eigenvalue weighted by Crippen LogP contribution is 2.52. The minimum atomic E-state index is 0.0508. The summed E-state index contributed by atoms with van der Waals surface area (Å²) in [6.45, 7) is 5.19. The number of rotatable bonds is 6. The SMILES string of the molecule is CCCc1cc(NCC)nc(C2(c3ccccc3)CC2)n1. The molecule has 1 aromatic carbocycles. The Hall–Kier alpha value is -1.90. The van der Waals surface area contributed by atoms with Crippen molar-refractivity contribution in [2.24, 2.45) is 0 Å². The quantitative estimate of drug-likeness (QED) is 0.871. The Balaban J connectivity index is 2.01. The van der Waals surface area contributed by atoms with Crippen molar-refractivity contribution >= 4 is 5.82 Å². The zero-order chi connectivity index (χ0) is 14.7. The maximum atomic E-state index is 4.86. The van der Waals surface area contributed by atoms with Crippen molar-refractivity contribution in [2.75, 3.05) is 11.9 Å². The lowest BCUT2D eigenvalue weighted by Crippen LogP contribution is -2.16.